The monoisotopic (exact) mass is 1040 g/mol. The zero-order valence-corrected chi connectivity index (χ0v) is 42.9. The van der Waals surface area contributed by atoms with Crippen LogP contribution in [0.5, 0.6) is 0 Å². The van der Waals surface area contributed by atoms with Gasteiger partial charge in [-0.1, -0.05) is 47.9 Å². The molecule has 3 atom stereocenters. The van der Waals surface area contributed by atoms with Crippen LogP contribution in [0.25, 0.3) is 5.57 Å². The van der Waals surface area contributed by atoms with E-state index in [9.17, 15) is 34.8 Å². The Hall–Kier alpha value is -4.17. The number of carbonyl (C=O) groups is 1. The molecule has 0 radical (unpaired) electrons. The minimum atomic E-state index is -6.08. The van der Waals surface area contributed by atoms with Gasteiger partial charge in [-0.3, -0.25) is 19.5 Å². The van der Waals surface area contributed by atoms with Crippen LogP contribution in [0.1, 0.15) is 81.6 Å². The van der Waals surface area contributed by atoms with E-state index in [1.165, 1.54) is 35.5 Å². The van der Waals surface area contributed by atoms with Crippen LogP contribution >= 0.6 is 23.4 Å². The molecular formula is C51H61ClF4N6O5S3. The van der Waals surface area contributed by atoms with Crippen LogP contribution in [0.15, 0.2) is 111 Å². The summed E-state index contributed by atoms with van der Waals surface area (Å²) in [6.45, 7) is 12.5. The fourth-order valence-corrected chi connectivity index (χ4v) is 13.5. The predicted molar refractivity (Wildman–Crippen MR) is 270 cm³/mol. The third-order valence-electron chi connectivity index (χ3n) is 14.0. The summed E-state index contributed by atoms with van der Waals surface area (Å²) >= 11 is 7.53. The number of piperazine rings is 2. The van der Waals surface area contributed by atoms with Crippen LogP contribution in [-0.2, 0) is 19.9 Å². The van der Waals surface area contributed by atoms with Crippen molar-refractivity contribution in [3.05, 3.63) is 119 Å². The van der Waals surface area contributed by atoms with E-state index in [2.05, 4.69) is 45.7 Å². The van der Waals surface area contributed by atoms with Crippen LogP contribution in [0, 0.1) is 5.82 Å². The first-order chi connectivity index (χ1) is 33.2. The van der Waals surface area contributed by atoms with Crippen LogP contribution in [-0.4, -0.2) is 125 Å². The Morgan fingerprint density at radius 2 is 1.56 bits per heavy atom. The Bertz CT molecular complexity index is 2770. The molecule has 0 saturated carbocycles. The van der Waals surface area contributed by atoms with Crippen molar-refractivity contribution >= 4 is 66.1 Å². The number of anilines is 2. The summed E-state index contributed by atoms with van der Waals surface area (Å²) in [4.78, 5) is 21.7. The quantitative estimate of drug-likeness (QED) is 0.0824. The summed E-state index contributed by atoms with van der Waals surface area (Å²) in [6, 6.07) is 23.3. The SMILES string of the molecule is CC(C)(C)N1CC2CC1CN2CC[C@H](CSc1ccccc1)Nc1ccc(S(=O)(=O)NC(=O)c2ccc(N3CCN(CC4=C(c5ccc(Cl)cc5F)CCCCC4)CC3)cc2)cc1S(=O)(=O)C(F)(F)F. The standard InChI is InChI=1S/C51H61ClF4N6O5S3/c1-50(2,3)62-33-40-29-41(62)32-61(40)23-22-38(34-68-42-11-7-5-8-12-42)57-47-21-19-43(30-48(47)69(64,65)51(54,55)56)70(66,67)58-49(63)35-14-17-39(18-15-35)60-26-24-59(25-27-60)31-36-10-6-4-9-13-44(36)45-20-16-37(52)28-46(45)53/h5,7-8,11-12,14-21,28,30,38,40-41,57H,4,6,9-10,13,22-27,29,31-34H2,1-3H3,(H,58,63)/t38-,40?,41?/m1/s1. The molecule has 4 aromatic rings. The van der Waals surface area contributed by atoms with Crippen molar-refractivity contribution < 1.29 is 39.2 Å². The average Bonchev–Trinajstić information content (AvgIpc) is 3.85. The normalized spacial score (nSPS) is 20.4. The molecule has 2 N–H and O–H groups in total. The number of fused-ring (bicyclic) bond motifs is 2. The fourth-order valence-electron chi connectivity index (χ4n) is 10.3. The number of carbonyl (C=O) groups excluding carboxylic acids is 1. The van der Waals surface area contributed by atoms with Gasteiger partial charge >= 0.3 is 5.51 Å². The first kappa shape index (κ1) is 52.2. The summed E-state index contributed by atoms with van der Waals surface area (Å²) in [7, 11) is -10.9. The minimum Gasteiger partial charge on any atom is -0.380 e. The molecule has 3 heterocycles. The zero-order valence-electron chi connectivity index (χ0n) is 39.7. The van der Waals surface area contributed by atoms with Gasteiger partial charge in [-0.2, -0.15) is 13.2 Å². The maximum atomic E-state index is 15.0. The van der Waals surface area contributed by atoms with Crippen molar-refractivity contribution in [1.82, 2.24) is 19.4 Å². The van der Waals surface area contributed by atoms with Gasteiger partial charge < -0.3 is 10.2 Å². The maximum Gasteiger partial charge on any atom is 0.501 e. The highest BCUT2D eigenvalue weighted by Gasteiger charge is 2.49. The van der Waals surface area contributed by atoms with Crippen molar-refractivity contribution in [2.24, 2.45) is 0 Å². The Morgan fingerprint density at radius 3 is 2.21 bits per heavy atom. The lowest BCUT2D eigenvalue weighted by Crippen LogP contribution is -2.53. The molecule has 3 aliphatic heterocycles. The molecular weight excluding hydrogens is 984 g/mol. The summed E-state index contributed by atoms with van der Waals surface area (Å²) in [5, 5.41) is 3.43. The number of thioether (sulfide) groups is 1. The number of benzene rings is 4. The van der Waals surface area contributed by atoms with Gasteiger partial charge in [-0.25, -0.2) is 25.9 Å². The number of allylic oxidation sites excluding steroid dienone is 1. The van der Waals surface area contributed by atoms with E-state index in [0.29, 0.717) is 60.5 Å². The van der Waals surface area contributed by atoms with Crippen molar-refractivity contribution in [1.29, 1.82) is 0 Å². The topological polar surface area (TPSA) is 122 Å². The molecule has 2 unspecified atom stereocenters. The van der Waals surface area contributed by atoms with Gasteiger partial charge in [-0.15, -0.1) is 11.8 Å². The molecule has 3 saturated heterocycles. The fraction of sp³-hybridized carbons (Fsp3) is 0.471. The molecule has 1 amide bonds. The lowest BCUT2D eigenvalue weighted by molar-refractivity contribution is -0.0435. The van der Waals surface area contributed by atoms with Gasteiger partial charge in [-0.05, 0) is 132 Å². The Labute approximate surface area is 419 Å². The molecule has 4 aliphatic rings. The number of nitrogens with zero attached hydrogens (tertiary/aromatic N) is 4. The summed E-state index contributed by atoms with van der Waals surface area (Å²) < 4.78 is 114. The van der Waals surface area contributed by atoms with E-state index >= 15 is 4.39 Å². The molecule has 2 bridgehead atoms. The van der Waals surface area contributed by atoms with Gasteiger partial charge in [0, 0.05) is 109 Å². The van der Waals surface area contributed by atoms with E-state index in [1.54, 1.807) is 24.3 Å². The highest BCUT2D eigenvalue weighted by Crippen LogP contribution is 2.39. The first-order valence-electron chi connectivity index (χ1n) is 23.9. The molecule has 3 fully saturated rings. The molecule has 11 nitrogen and oxygen atoms in total. The number of nitrogens with one attached hydrogen (secondary N) is 2. The van der Waals surface area contributed by atoms with Crippen molar-refractivity contribution in [2.75, 3.05) is 68.3 Å². The second kappa shape index (κ2) is 21.5. The van der Waals surface area contributed by atoms with Crippen LogP contribution in [0.4, 0.5) is 28.9 Å². The maximum absolute atomic E-state index is 15.0. The molecule has 0 spiro atoms. The second-order valence-electron chi connectivity index (χ2n) is 19.7. The zero-order chi connectivity index (χ0) is 50.0. The molecule has 4 aromatic carbocycles. The number of sulfone groups is 1. The van der Waals surface area contributed by atoms with Crippen molar-refractivity contribution in [2.45, 2.75) is 110 Å². The van der Waals surface area contributed by atoms with E-state index < -0.39 is 47.1 Å². The Kier molecular flexibility index (Phi) is 16.0. The van der Waals surface area contributed by atoms with E-state index in [1.807, 2.05) is 35.1 Å². The molecule has 70 heavy (non-hydrogen) atoms. The van der Waals surface area contributed by atoms with Crippen LogP contribution < -0.4 is 14.9 Å². The third-order valence-corrected chi connectivity index (χ3v) is 18.3. The third kappa shape index (κ3) is 12.2. The van der Waals surface area contributed by atoms with Crippen molar-refractivity contribution in [3.63, 3.8) is 0 Å². The largest absolute Gasteiger partial charge is 0.501 e. The predicted octanol–water partition coefficient (Wildman–Crippen LogP) is 9.95. The van der Waals surface area contributed by atoms with Gasteiger partial charge in [0.1, 0.15) is 10.7 Å². The Morgan fingerprint density at radius 1 is 0.843 bits per heavy atom. The van der Waals surface area contributed by atoms with Crippen LogP contribution in [0.2, 0.25) is 5.02 Å². The molecule has 1 aliphatic carbocycles. The molecule has 8 rings (SSSR count). The average molecular weight is 1050 g/mol. The van der Waals surface area contributed by atoms with E-state index in [-0.39, 0.29) is 22.6 Å². The number of rotatable bonds is 16. The highest BCUT2D eigenvalue weighted by atomic mass is 35.5. The van der Waals surface area contributed by atoms with E-state index in [0.717, 1.165) is 99.5 Å². The van der Waals surface area contributed by atoms with Gasteiger partial charge in [0.05, 0.1) is 10.6 Å². The van der Waals surface area contributed by atoms with Crippen molar-refractivity contribution in [3.8, 4) is 0 Å². The summed E-state index contributed by atoms with van der Waals surface area (Å²) in [5.74, 6) is -0.970. The number of halogens is 5. The number of hydrogen-bond acceptors (Lipinski definition) is 11. The lowest BCUT2D eigenvalue weighted by Gasteiger charge is -2.42. The molecule has 0 aromatic heterocycles. The molecule has 378 valence electrons. The van der Waals surface area contributed by atoms with Gasteiger partial charge in [0.15, 0.2) is 0 Å². The number of sulfonamides is 1. The highest BCUT2D eigenvalue weighted by molar-refractivity contribution is 7.99. The second-order valence-corrected chi connectivity index (χ2v) is 24.9. The van der Waals surface area contributed by atoms with Gasteiger partial charge in [0.2, 0.25) is 0 Å². The minimum absolute atomic E-state index is 0.0225. The number of hydrogen-bond donors (Lipinski definition) is 2. The first-order valence-corrected chi connectivity index (χ1v) is 28.2. The number of likely N-dealkylation sites (tertiary alicyclic amines) is 2. The van der Waals surface area contributed by atoms with Crippen LogP contribution in [0.3, 0.4) is 0 Å². The summed E-state index contributed by atoms with van der Waals surface area (Å²) in [6.07, 6.45) is 6.35. The molecule has 19 heteroatoms. The number of alkyl halides is 3. The Balaban J connectivity index is 0.933. The summed E-state index contributed by atoms with van der Waals surface area (Å²) in [5.41, 5.74) is -2.41. The van der Waals surface area contributed by atoms with E-state index in [4.69, 9.17) is 11.6 Å². The van der Waals surface area contributed by atoms with Gasteiger partial charge in [0.25, 0.3) is 25.8 Å². The number of amides is 1. The smallest absolute Gasteiger partial charge is 0.380 e. The lowest BCUT2D eigenvalue weighted by atomic mass is 9.95.